The molecule has 3 nitrogen and oxygen atoms in total. The van der Waals surface area contributed by atoms with Crippen LogP contribution in [0.3, 0.4) is 0 Å². The molecule has 1 aromatic carbocycles. The number of nitrogens with two attached hydrogens (primary N) is 1. The Morgan fingerprint density at radius 1 is 1.15 bits per heavy atom. The summed E-state index contributed by atoms with van der Waals surface area (Å²) >= 11 is 4.91. The molecule has 2 unspecified atom stereocenters. The standard InChI is InChI=1S/C16H22N2OS/c1-11-3-2-4-14(10-5-11)18-16(19)13-8-6-12(7-9-13)15(17)20/h6-9,11,14H,2-5,10H2,1H3,(H2,17,20)(H,18,19). The normalized spacial score (nSPS) is 22.9. The predicted octanol–water partition coefficient (Wildman–Crippen LogP) is 3.02. The Morgan fingerprint density at radius 2 is 1.80 bits per heavy atom. The summed E-state index contributed by atoms with van der Waals surface area (Å²) < 4.78 is 0. The largest absolute Gasteiger partial charge is 0.389 e. The SMILES string of the molecule is CC1CCCC(NC(=O)c2ccc(C(N)=S)cc2)CC1. The molecule has 1 fully saturated rings. The van der Waals surface area contributed by atoms with E-state index in [-0.39, 0.29) is 5.91 Å². The lowest BCUT2D eigenvalue weighted by Gasteiger charge is -2.16. The van der Waals surface area contributed by atoms with Crippen LogP contribution in [0.5, 0.6) is 0 Å². The van der Waals surface area contributed by atoms with Gasteiger partial charge in [0.1, 0.15) is 4.99 Å². The molecule has 1 amide bonds. The molecule has 2 rings (SSSR count). The van der Waals surface area contributed by atoms with Crippen LogP contribution in [0.15, 0.2) is 24.3 Å². The van der Waals surface area contributed by atoms with Crippen molar-refractivity contribution in [3.8, 4) is 0 Å². The van der Waals surface area contributed by atoms with Crippen LogP contribution < -0.4 is 11.1 Å². The second-order valence-electron chi connectivity index (χ2n) is 5.73. The molecule has 1 saturated carbocycles. The highest BCUT2D eigenvalue weighted by atomic mass is 32.1. The van der Waals surface area contributed by atoms with E-state index < -0.39 is 0 Å². The first kappa shape index (κ1) is 15.0. The molecule has 1 aliphatic rings. The van der Waals surface area contributed by atoms with Crippen molar-refractivity contribution in [2.45, 2.75) is 45.1 Å². The zero-order valence-electron chi connectivity index (χ0n) is 11.9. The van der Waals surface area contributed by atoms with Gasteiger partial charge in [0, 0.05) is 17.2 Å². The predicted molar refractivity (Wildman–Crippen MR) is 85.8 cm³/mol. The first-order valence-corrected chi connectivity index (χ1v) is 7.68. The Hall–Kier alpha value is -1.42. The van der Waals surface area contributed by atoms with Crippen LogP contribution in [0.1, 0.15) is 54.9 Å². The summed E-state index contributed by atoms with van der Waals surface area (Å²) in [6.45, 7) is 2.29. The van der Waals surface area contributed by atoms with Crippen LogP contribution in [-0.4, -0.2) is 16.9 Å². The van der Waals surface area contributed by atoms with Crippen molar-refractivity contribution in [2.75, 3.05) is 0 Å². The zero-order valence-corrected chi connectivity index (χ0v) is 12.7. The molecule has 1 aliphatic carbocycles. The number of hydrogen-bond donors (Lipinski definition) is 2. The quantitative estimate of drug-likeness (QED) is 0.664. The molecule has 1 aromatic rings. The smallest absolute Gasteiger partial charge is 0.251 e. The lowest BCUT2D eigenvalue weighted by atomic mass is 10.0. The highest BCUT2D eigenvalue weighted by Crippen LogP contribution is 2.22. The third-order valence-corrected chi connectivity index (χ3v) is 4.26. The summed E-state index contributed by atoms with van der Waals surface area (Å²) in [6.07, 6.45) is 5.84. The summed E-state index contributed by atoms with van der Waals surface area (Å²) in [5.74, 6) is 0.779. The number of amides is 1. The summed E-state index contributed by atoms with van der Waals surface area (Å²) in [5, 5.41) is 3.14. The van der Waals surface area contributed by atoms with Crippen molar-refractivity contribution in [1.29, 1.82) is 0 Å². The maximum absolute atomic E-state index is 12.2. The third-order valence-electron chi connectivity index (χ3n) is 4.02. The van der Waals surface area contributed by atoms with Crippen molar-refractivity contribution in [3.05, 3.63) is 35.4 Å². The molecule has 4 heteroatoms. The Kier molecular flexibility index (Phi) is 5.12. The van der Waals surface area contributed by atoms with Gasteiger partial charge in [0.05, 0.1) is 0 Å². The van der Waals surface area contributed by atoms with Gasteiger partial charge in [-0.1, -0.05) is 44.1 Å². The van der Waals surface area contributed by atoms with Crippen molar-refractivity contribution in [2.24, 2.45) is 11.7 Å². The monoisotopic (exact) mass is 290 g/mol. The minimum atomic E-state index is -0.000886. The van der Waals surface area contributed by atoms with Crippen molar-refractivity contribution in [1.82, 2.24) is 5.32 Å². The highest BCUT2D eigenvalue weighted by Gasteiger charge is 2.18. The van der Waals surface area contributed by atoms with Gasteiger partial charge in [0.25, 0.3) is 5.91 Å². The Balaban J connectivity index is 1.95. The van der Waals surface area contributed by atoms with E-state index in [1.165, 1.54) is 19.3 Å². The number of carbonyl (C=O) groups is 1. The van der Waals surface area contributed by atoms with E-state index in [4.69, 9.17) is 18.0 Å². The average molecular weight is 290 g/mol. The number of nitrogens with one attached hydrogen (secondary N) is 1. The van der Waals surface area contributed by atoms with Gasteiger partial charge in [-0.15, -0.1) is 0 Å². The van der Waals surface area contributed by atoms with Crippen LogP contribution in [0, 0.1) is 5.92 Å². The fourth-order valence-electron chi connectivity index (χ4n) is 2.69. The highest BCUT2D eigenvalue weighted by molar-refractivity contribution is 7.80. The van der Waals surface area contributed by atoms with Crippen LogP contribution in [0.4, 0.5) is 0 Å². The molecule has 0 spiro atoms. The van der Waals surface area contributed by atoms with Gasteiger partial charge < -0.3 is 11.1 Å². The average Bonchev–Trinajstić information content (AvgIpc) is 2.64. The number of hydrogen-bond acceptors (Lipinski definition) is 2. The van der Waals surface area contributed by atoms with E-state index in [9.17, 15) is 4.79 Å². The molecule has 2 atom stereocenters. The van der Waals surface area contributed by atoms with E-state index in [2.05, 4.69) is 12.2 Å². The first-order chi connectivity index (χ1) is 9.56. The lowest BCUT2D eigenvalue weighted by Crippen LogP contribution is -2.34. The number of benzene rings is 1. The molecule has 20 heavy (non-hydrogen) atoms. The fourth-order valence-corrected chi connectivity index (χ4v) is 2.82. The summed E-state index contributed by atoms with van der Waals surface area (Å²) in [4.78, 5) is 12.6. The fraction of sp³-hybridized carbons (Fsp3) is 0.500. The molecule has 0 bridgehead atoms. The van der Waals surface area contributed by atoms with E-state index in [0.29, 0.717) is 16.6 Å². The van der Waals surface area contributed by atoms with Gasteiger partial charge in [0.15, 0.2) is 0 Å². The third kappa shape index (κ3) is 4.04. The molecule has 0 radical (unpaired) electrons. The second-order valence-corrected chi connectivity index (χ2v) is 6.17. The molecule has 108 valence electrons. The minimum Gasteiger partial charge on any atom is -0.389 e. The van der Waals surface area contributed by atoms with E-state index in [0.717, 1.165) is 24.3 Å². The molecule has 0 heterocycles. The van der Waals surface area contributed by atoms with Crippen molar-refractivity contribution < 1.29 is 4.79 Å². The molecular formula is C16H22N2OS. The van der Waals surface area contributed by atoms with Crippen molar-refractivity contribution >= 4 is 23.1 Å². The van der Waals surface area contributed by atoms with Gasteiger partial charge in [0.2, 0.25) is 0 Å². The van der Waals surface area contributed by atoms with Crippen LogP contribution in [0.25, 0.3) is 0 Å². The Labute approximate surface area is 125 Å². The summed E-state index contributed by atoms with van der Waals surface area (Å²) in [5.41, 5.74) is 7.01. The summed E-state index contributed by atoms with van der Waals surface area (Å²) in [6, 6.07) is 7.47. The van der Waals surface area contributed by atoms with Crippen LogP contribution >= 0.6 is 12.2 Å². The maximum atomic E-state index is 12.2. The molecule has 0 aliphatic heterocycles. The van der Waals surface area contributed by atoms with Gasteiger partial charge in [-0.25, -0.2) is 0 Å². The Bertz CT molecular complexity index is 484. The van der Waals surface area contributed by atoms with Gasteiger partial charge in [-0.2, -0.15) is 0 Å². The van der Waals surface area contributed by atoms with Crippen LogP contribution in [-0.2, 0) is 0 Å². The summed E-state index contributed by atoms with van der Waals surface area (Å²) in [7, 11) is 0. The maximum Gasteiger partial charge on any atom is 0.251 e. The van der Waals surface area contributed by atoms with Crippen molar-refractivity contribution in [3.63, 3.8) is 0 Å². The minimum absolute atomic E-state index is 0.000886. The van der Waals surface area contributed by atoms with Gasteiger partial charge in [-0.3, -0.25) is 4.79 Å². The first-order valence-electron chi connectivity index (χ1n) is 7.27. The van der Waals surface area contributed by atoms with Crippen LogP contribution in [0.2, 0.25) is 0 Å². The number of thiocarbonyl (C=S) groups is 1. The Morgan fingerprint density at radius 3 is 2.45 bits per heavy atom. The van der Waals surface area contributed by atoms with E-state index in [1.54, 1.807) is 24.3 Å². The topological polar surface area (TPSA) is 55.1 Å². The van der Waals surface area contributed by atoms with Gasteiger partial charge >= 0.3 is 0 Å². The van der Waals surface area contributed by atoms with Gasteiger partial charge in [-0.05, 0) is 37.3 Å². The second kappa shape index (κ2) is 6.84. The van der Waals surface area contributed by atoms with E-state index >= 15 is 0 Å². The molecule has 0 aromatic heterocycles. The lowest BCUT2D eigenvalue weighted by molar-refractivity contribution is 0.0933. The molecular weight excluding hydrogens is 268 g/mol. The zero-order chi connectivity index (χ0) is 14.5. The van der Waals surface area contributed by atoms with E-state index in [1.807, 2.05) is 0 Å². The molecule has 0 saturated heterocycles. The number of rotatable bonds is 3. The number of carbonyl (C=O) groups excluding carboxylic acids is 1. The molecule has 3 N–H and O–H groups in total.